The monoisotopic (exact) mass is 246 g/mol. The number of nitrogens with zero attached hydrogens (tertiary/aromatic N) is 1. The number of fused-ring (bicyclic) bond motifs is 2. The minimum Gasteiger partial charge on any atom is -0.453 e. The van der Waals surface area contributed by atoms with Gasteiger partial charge in [-0.1, -0.05) is 23.7 Å². The minimum absolute atomic E-state index is 0.00264. The first kappa shape index (κ1) is 10.1. The maximum atomic E-state index is 11.5. The van der Waals surface area contributed by atoms with Crippen LogP contribution < -0.4 is 11.2 Å². The molecule has 1 aromatic carbocycles. The number of benzene rings is 2. The standard InChI is InChI=1S/C12H7ClN2O2/c13-10-11(14)7(16)5-9-12(10)15-6-3-1-2-4-8(6)17-9/h1-5H,14H2. The molecule has 3 rings (SSSR count). The van der Waals surface area contributed by atoms with Gasteiger partial charge in [0.15, 0.2) is 11.3 Å². The number of halogens is 1. The SMILES string of the molecule is Nc1c(Cl)c2nc3ccccc3oc-2cc1=O. The number of nitrogens with two attached hydrogens (primary N) is 1. The van der Waals surface area contributed by atoms with Crippen LogP contribution in [0.5, 0.6) is 0 Å². The minimum atomic E-state index is -0.358. The second kappa shape index (κ2) is 3.46. The van der Waals surface area contributed by atoms with Crippen molar-refractivity contribution >= 4 is 28.4 Å². The molecule has 0 spiro atoms. The molecule has 0 saturated carbocycles. The van der Waals surface area contributed by atoms with E-state index in [1.54, 1.807) is 12.1 Å². The summed E-state index contributed by atoms with van der Waals surface area (Å²) in [4.78, 5) is 15.8. The molecule has 1 aliphatic heterocycles. The third kappa shape index (κ3) is 1.45. The van der Waals surface area contributed by atoms with Crippen molar-refractivity contribution < 1.29 is 4.42 Å². The lowest BCUT2D eigenvalue weighted by molar-refractivity contribution is 0.612. The number of hydrogen-bond acceptors (Lipinski definition) is 4. The molecule has 0 fully saturated rings. The largest absolute Gasteiger partial charge is 0.453 e. The Morgan fingerprint density at radius 3 is 2.88 bits per heavy atom. The van der Waals surface area contributed by atoms with Crippen LogP contribution in [0.4, 0.5) is 5.69 Å². The number of nitrogen functional groups attached to an aromatic ring is 1. The van der Waals surface area contributed by atoms with Gasteiger partial charge in [-0.3, -0.25) is 4.79 Å². The fraction of sp³-hybridized carbons (Fsp3) is 0. The third-order valence-corrected chi connectivity index (χ3v) is 2.91. The molecular formula is C12H7ClN2O2. The van der Waals surface area contributed by atoms with Gasteiger partial charge in [-0.25, -0.2) is 4.98 Å². The predicted octanol–water partition coefficient (Wildman–Crippen LogP) is 2.53. The predicted molar refractivity (Wildman–Crippen MR) is 66.3 cm³/mol. The molecule has 5 heteroatoms. The highest BCUT2D eigenvalue weighted by molar-refractivity contribution is 6.35. The smallest absolute Gasteiger partial charge is 0.206 e. The van der Waals surface area contributed by atoms with Crippen LogP contribution in [-0.4, -0.2) is 4.98 Å². The fourth-order valence-corrected chi connectivity index (χ4v) is 1.89. The van der Waals surface area contributed by atoms with E-state index in [4.69, 9.17) is 21.8 Å². The van der Waals surface area contributed by atoms with Crippen molar-refractivity contribution in [3.8, 4) is 11.5 Å². The summed E-state index contributed by atoms with van der Waals surface area (Å²) in [6, 6.07) is 8.55. The second-order valence-corrected chi connectivity index (χ2v) is 4.01. The van der Waals surface area contributed by atoms with E-state index >= 15 is 0 Å². The number of rotatable bonds is 0. The van der Waals surface area contributed by atoms with Crippen molar-refractivity contribution in [3.63, 3.8) is 0 Å². The Morgan fingerprint density at radius 1 is 1.29 bits per heavy atom. The Bertz CT molecular complexity index is 751. The van der Waals surface area contributed by atoms with Crippen molar-refractivity contribution in [2.24, 2.45) is 0 Å². The molecule has 1 aliphatic carbocycles. The van der Waals surface area contributed by atoms with Gasteiger partial charge in [0, 0.05) is 6.07 Å². The lowest BCUT2D eigenvalue weighted by Gasteiger charge is -2.08. The zero-order valence-corrected chi connectivity index (χ0v) is 9.36. The van der Waals surface area contributed by atoms with Crippen molar-refractivity contribution in [1.29, 1.82) is 0 Å². The zero-order valence-electron chi connectivity index (χ0n) is 8.61. The summed E-state index contributed by atoms with van der Waals surface area (Å²) in [5.74, 6) is 0.341. The Morgan fingerprint density at radius 2 is 2.06 bits per heavy atom. The molecule has 1 aromatic rings. The van der Waals surface area contributed by atoms with Gasteiger partial charge in [0.2, 0.25) is 5.43 Å². The Kier molecular flexibility index (Phi) is 2.06. The van der Waals surface area contributed by atoms with E-state index in [0.717, 1.165) is 0 Å². The summed E-state index contributed by atoms with van der Waals surface area (Å²) in [7, 11) is 0. The zero-order chi connectivity index (χ0) is 12.0. The summed E-state index contributed by atoms with van der Waals surface area (Å²) in [6.07, 6.45) is 0. The lowest BCUT2D eigenvalue weighted by Crippen LogP contribution is -2.09. The molecule has 0 saturated heterocycles. The molecule has 0 bridgehead atoms. The topological polar surface area (TPSA) is 69.1 Å². The van der Waals surface area contributed by atoms with Gasteiger partial charge in [0.05, 0.1) is 5.02 Å². The molecule has 0 aromatic heterocycles. The van der Waals surface area contributed by atoms with Crippen LogP contribution in [0.15, 0.2) is 39.5 Å². The van der Waals surface area contributed by atoms with Crippen LogP contribution in [-0.2, 0) is 0 Å². The van der Waals surface area contributed by atoms with E-state index in [1.165, 1.54) is 6.07 Å². The van der Waals surface area contributed by atoms with E-state index in [1.807, 2.05) is 12.1 Å². The van der Waals surface area contributed by atoms with E-state index in [9.17, 15) is 4.79 Å². The molecule has 2 aliphatic rings. The Labute approximate surface area is 101 Å². The van der Waals surface area contributed by atoms with E-state index in [2.05, 4.69) is 4.98 Å². The fourth-order valence-electron chi connectivity index (χ4n) is 1.67. The van der Waals surface area contributed by atoms with Crippen molar-refractivity contribution in [3.05, 3.63) is 45.6 Å². The highest BCUT2D eigenvalue weighted by Gasteiger charge is 2.17. The van der Waals surface area contributed by atoms with Crippen LogP contribution in [0.3, 0.4) is 0 Å². The van der Waals surface area contributed by atoms with Gasteiger partial charge < -0.3 is 10.2 Å². The first-order valence-electron chi connectivity index (χ1n) is 4.94. The van der Waals surface area contributed by atoms with E-state index in [-0.39, 0.29) is 16.1 Å². The average molecular weight is 247 g/mol. The number of anilines is 1. The average Bonchev–Trinajstić information content (AvgIpc) is 2.34. The molecule has 1 heterocycles. The molecule has 17 heavy (non-hydrogen) atoms. The normalized spacial score (nSPS) is 11.1. The summed E-state index contributed by atoms with van der Waals surface area (Å²) in [5.41, 5.74) is 6.87. The Hall–Kier alpha value is -2.07. The van der Waals surface area contributed by atoms with Gasteiger partial charge in [0.1, 0.15) is 16.9 Å². The maximum absolute atomic E-state index is 11.5. The molecule has 0 unspecified atom stereocenters. The van der Waals surface area contributed by atoms with Crippen LogP contribution in [0.2, 0.25) is 5.02 Å². The summed E-state index contributed by atoms with van der Waals surface area (Å²) < 4.78 is 5.56. The highest BCUT2D eigenvalue weighted by Crippen LogP contribution is 2.32. The molecule has 0 radical (unpaired) electrons. The van der Waals surface area contributed by atoms with E-state index < -0.39 is 0 Å². The molecule has 2 N–H and O–H groups in total. The molecule has 0 amide bonds. The number of hydrogen-bond donors (Lipinski definition) is 1. The molecule has 84 valence electrons. The first-order chi connectivity index (χ1) is 8.16. The van der Waals surface area contributed by atoms with Crippen LogP contribution in [0.1, 0.15) is 0 Å². The van der Waals surface area contributed by atoms with Gasteiger partial charge in [-0.05, 0) is 12.1 Å². The van der Waals surface area contributed by atoms with Gasteiger partial charge in [-0.2, -0.15) is 0 Å². The van der Waals surface area contributed by atoms with Gasteiger partial charge in [0.25, 0.3) is 0 Å². The van der Waals surface area contributed by atoms with E-state index in [0.29, 0.717) is 22.6 Å². The summed E-state index contributed by atoms with van der Waals surface area (Å²) in [5, 5.41) is 0.141. The summed E-state index contributed by atoms with van der Waals surface area (Å²) in [6.45, 7) is 0. The Balaban J connectivity index is 2.53. The first-order valence-corrected chi connectivity index (χ1v) is 5.32. The second-order valence-electron chi connectivity index (χ2n) is 3.63. The number of aromatic nitrogens is 1. The highest BCUT2D eigenvalue weighted by atomic mass is 35.5. The number of para-hydroxylation sites is 2. The molecule has 4 nitrogen and oxygen atoms in total. The quantitative estimate of drug-likeness (QED) is 0.489. The van der Waals surface area contributed by atoms with Crippen LogP contribution >= 0.6 is 11.6 Å². The van der Waals surface area contributed by atoms with Crippen LogP contribution in [0, 0.1) is 0 Å². The van der Waals surface area contributed by atoms with Gasteiger partial charge in [-0.15, -0.1) is 0 Å². The van der Waals surface area contributed by atoms with Crippen LogP contribution in [0.25, 0.3) is 22.6 Å². The van der Waals surface area contributed by atoms with Crippen molar-refractivity contribution in [2.45, 2.75) is 0 Å². The van der Waals surface area contributed by atoms with Crippen molar-refractivity contribution in [2.75, 3.05) is 5.73 Å². The van der Waals surface area contributed by atoms with Gasteiger partial charge >= 0.3 is 0 Å². The third-order valence-electron chi connectivity index (χ3n) is 2.52. The molecular weight excluding hydrogens is 240 g/mol. The van der Waals surface area contributed by atoms with Crippen molar-refractivity contribution in [1.82, 2.24) is 4.98 Å². The maximum Gasteiger partial charge on any atom is 0.206 e. The molecule has 0 atom stereocenters. The summed E-state index contributed by atoms with van der Waals surface area (Å²) >= 11 is 5.98. The lowest BCUT2D eigenvalue weighted by atomic mass is 10.2.